The van der Waals surface area contributed by atoms with Crippen molar-refractivity contribution in [3.63, 3.8) is 0 Å². The van der Waals surface area contributed by atoms with Crippen LogP contribution in [0, 0.1) is 5.92 Å². The first-order valence-corrected chi connectivity index (χ1v) is 8.97. The average Bonchev–Trinajstić information content (AvgIpc) is 3.12. The largest absolute Gasteiger partial charge is 0.469 e. The third-order valence-electron chi connectivity index (χ3n) is 4.05. The van der Waals surface area contributed by atoms with Gasteiger partial charge >= 0.3 is 5.97 Å². The van der Waals surface area contributed by atoms with Gasteiger partial charge in [0.1, 0.15) is 5.69 Å². The van der Waals surface area contributed by atoms with Crippen LogP contribution in [0.25, 0.3) is 11.3 Å². The number of halogens is 1. The number of unbranched alkanes of at least 4 members (excludes halogenated alkanes) is 1. The molecule has 2 aromatic rings. The van der Waals surface area contributed by atoms with Gasteiger partial charge in [-0.3, -0.25) is 9.59 Å². The van der Waals surface area contributed by atoms with E-state index in [1.165, 1.54) is 7.11 Å². The van der Waals surface area contributed by atoms with Gasteiger partial charge in [0.25, 0.3) is 0 Å². The molecule has 0 bridgehead atoms. The standard InChI is InChI=1S/C19H23ClN2O4/c1-3-4-5-14(10-18(23)25-2)19(24)21-12-16-11-17(22-26-16)13-6-8-15(20)9-7-13/h6-9,11,14H,3-5,10,12H2,1-2H3,(H,21,24)/t14-/m1/s1. The van der Waals surface area contributed by atoms with E-state index in [4.69, 9.17) is 16.1 Å². The van der Waals surface area contributed by atoms with Crippen molar-refractivity contribution in [1.29, 1.82) is 0 Å². The number of aromatic nitrogens is 1. The molecule has 0 aliphatic rings. The Morgan fingerprint density at radius 2 is 2.04 bits per heavy atom. The molecule has 1 aromatic heterocycles. The van der Waals surface area contributed by atoms with Crippen LogP contribution in [-0.2, 0) is 20.9 Å². The second kappa shape index (κ2) is 9.97. The molecular formula is C19H23ClN2O4. The summed E-state index contributed by atoms with van der Waals surface area (Å²) in [6, 6.07) is 9.01. The van der Waals surface area contributed by atoms with E-state index in [-0.39, 0.29) is 24.8 Å². The molecule has 1 N–H and O–H groups in total. The summed E-state index contributed by atoms with van der Waals surface area (Å²) in [5, 5.41) is 7.46. The maximum Gasteiger partial charge on any atom is 0.306 e. The van der Waals surface area contributed by atoms with Crippen LogP contribution >= 0.6 is 11.6 Å². The number of amides is 1. The monoisotopic (exact) mass is 378 g/mol. The molecule has 0 spiro atoms. The number of ether oxygens (including phenoxy) is 1. The summed E-state index contributed by atoms with van der Waals surface area (Å²) < 4.78 is 9.95. The number of methoxy groups -OCH3 is 1. The van der Waals surface area contributed by atoms with Gasteiger partial charge in [-0.2, -0.15) is 0 Å². The van der Waals surface area contributed by atoms with Gasteiger partial charge in [-0.1, -0.05) is 48.7 Å². The zero-order valence-electron chi connectivity index (χ0n) is 15.0. The van der Waals surface area contributed by atoms with Crippen molar-refractivity contribution in [3.8, 4) is 11.3 Å². The quantitative estimate of drug-likeness (QED) is 0.667. The Labute approximate surface area is 157 Å². The van der Waals surface area contributed by atoms with E-state index in [2.05, 4.69) is 15.2 Å². The van der Waals surface area contributed by atoms with Crippen LogP contribution in [0.4, 0.5) is 0 Å². The first kappa shape index (κ1) is 20.0. The Hall–Kier alpha value is -2.34. The lowest BCUT2D eigenvalue weighted by atomic mass is 9.97. The van der Waals surface area contributed by atoms with Crippen LogP contribution in [0.5, 0.6) is 0 Å². The van der Waals surface area contributed by atoms with Crippen LogP contribution in [0.15, 0.2) is 34.9 Å². The Balaban J connectivity index is 1.94. The fourth-order valence-electron chi connectivity index (χ4n) is 2.53. The number of hydrogen-bond donors (Lipinski definition) is 1. The van der Waals surface area contributed by atoms with E-state index >= 15 is 0 Å². The zero-order chi connectivity index (χ0) is 18.9. The Bertz CT molecular complexity index is 727. The van der Waals surface area contributed by atoms with Crippen molar-refractivity contribution >= 4 is 23.5 Å². The summed E-state index contributed by atoms with van der Waals surface area (Å²) in [6.45, 7) is 2.25. The van der Waals surface area contributed by atoms with E-state index in [0.717, 1.165) is 18.4 Å². The van der Waals surface area contributed by atoms with E-state index < -0.39 is 5.92 Å². The molecule has 0 saturated heterocycles. The molecule has 1 amide bonds. The third-order valence-corrected chi connectivity index (χ3v) is 4.31. The molecule has 1 heterocycles. The van der Waals surface area contributed by atoms with Crippen molar-refractivity contribution in [2.24, 2.45) is 5.92 Å². The lowest BCUT2D eigenvalue weighted by Crippen LogP contribution is -2.31. The van der Waals surface area contributed by atoms with E-state index in [1.807, 2.05) is 19.1 Å². The van der Waals surface area contributed by atoms with Gasteiger partial charge in [-0.25, -0.2) is 0 Å². The fraction of sp³-hybridized carbons (Fsp3) is 0.421. The van der Waals surface area contributed by atoms with Gasteiger partial charge in [0, 0.05) is 22.6 Å². The second-order valence-corrected chi connectivity index (χ2v) is 6.46. The van der Waals surface area contributed by atoms with Crippen LogP contribution in [0.3, 0.4) is 0 Å². The number of nitrogens with zero attached hydrogens (tertiary/aromatic N) is 1. The molecule has 140 valence electrons. The predicted molar refractivity (Wildman–Crippen MR) is 98.4 cm³/mol. The molecule has 0 saturated carbocycles. The molecule has 1 atom stereocenters. The number of esters is 1. The highest BCUT2D eigenvalue weighted by atomic mass is 35.5. The second-order valence-electron chi connectivity index (χ2n) is 6.02. The summed E-state index contributed by atoms with van der Waals surface area (Å²) >= 11 is 5.88. The van der Waals surface area contributed by atoms with Gasteiger partial charge in [0.05, 0.1) is 20.1 Å². The highest BCUT2D eigenvalue weighted by Gasteiger charge is 2.22. The molecule has 0 unspecified atom stereocenters. The first-order chi connectivity index (χ1) is 12.5. The smallest absolute Gasteiger partial charge is 0.306 e. The number of rotatable bonds is 9. The Morgan fingerprint density at radius 1 is 1.31 bits per heavy atom. The minimum atomic E-state index is -0.402. The lowest BCUT2D eigenvalue weighted by molar-refractivity contribution is -0.144. The first-order valence-electron chi connectivity index (χ1n) is 8.59. The lowest BCUT2D eigenvalue weighted by Gasteiger charge is -2.14. The number of carbonyl (C=O) groups excluding carboxylic acids is 2. The minimum absolute atomic E-state index is 0.0781. The van der Waals surface area contributed by atoms with Crippen molar-refractivity contribution < 1.29 is 18.8 Å². The third kappa shape index (κ3) is 5.88. The summed E-state index contributed by atoms with van der Waals surface area (Å²) in [7, 11) is 1.32. The summed E-state index contributed by atoms with van der Waals surface area (Å²) in [5.41, 5.74) is 1.55. The number of carbonyl (C=O) groups is 2. The Morgan fingerprint density at radius 3 is 2.69 bits per heavy atom. The van der Waals surface area contributed by atoms with E-state index in [1.54, 1.807) is 18.2 Å². The SMILES string of the molecule is CCCC[C@H](CC(=O)OC)C(=O)NCc1cc(-c2ccc(Cl)cc2)no1. The molecule has 0 radical (unpaired) electrons. The van der Waals surface area contributed by atoms with Crippen LogP contribution in [0.1, 0.15) is 38.4 Å². The van der Waals surface area contributed by atoms with E-state index in [9.17, 15) is 9.59 Å². The number of hydrogen-bond acceptors (Lipinski definition) is 5. The van der Waals surface area contributed by atoms with Crippen LogP contribution in [-0.4, -0.2) is 24.1 Å². The molecule has 1 aromatic carbocycles. The van der Waals surface area contributed by atoms with Gasteiger partial charge in [0.2, 0.25) is 5.91 Å². The molecule has 0 fully saturated rings. The van der Waals surface area contributed by atoms with E-state index in [0.29, 0.717) is 22.9 Å². The predicted octanol–water partition coefficient (Wildman–Crippen LogP) is 3.98. The van der Waals surface area contributed by atoms with Crippen molar-refractivity contribution in [2.75, 3.05) is 7.11 Å². The van der Waals surface area contributed by atoms with Gasteiger partial charge in [-0.15, -0.1) is 0 Å². The molecule has 0 aliphatic heterocycles. The Kier molecular flexibility index (Phi) is 7.66. The summed E-state index contributed by atoms with van der Waals surface area (Å²) in [4.78, 5) is 23.9. The van der Waals surface area contributed by atoms with Crippen molar-refractivity contribution in [1.82, 2.24) is 10.5 Å². The highest BCUT2D eigenvalue weighted by molar-refractivity contribution is 6.30. The molecule has 2 rings (SSSR count). The molecule has 26 heavy (non-hydrogen) atoms. The van der Waals surface area contributed by atoms with Gasteiger partial charge in [-0.05, 0) is 18.6 Å². The maximum atomic E-state index is 12.4. The molecular weight excluding hydrogens is 356 g/mol. The van der Waals surface area contributed by atoms with Crippen LogP contribution in [0.2, 0.25) is 5.02 Å². The number of benzene rings is 1. The average molecular weight is 379 g/mol. The minimum Gasteiger partial charge on any atom is -0.469 e. The van der Waals surface area contributed by atoms with Crippen molar-refractivity contribution in [3.05, 3.63) is 41.1 Å². The maximum absolute atomic E-state index is 12.4. The van der Waals surface area contributed by atoms with Crippen molar-refractivity contribution in [2.45, 2.75) is 39.2 Å². The van der Waals surface area contributed by atoms with Gasteiger partial charge in [0.15, 0.2) is 5.76 Å². The summed E-state index contributed by atoms with van der Waals surface area (Å²) in [5.74, 6) is -0.434. The van der Waals surface area contributed by atoms with Crippen LogP contribution < -0.4 is 5.32 Å². The highest BCUT2D eigenvalue weighted by Crippen LogP contribution is 2.21. The normalized spacial score (nSPS) is 11.8. The zero-order valence-corrected chi connectivity index (χ0v) is 15.7. The molecule has 7 heteroatoms. The topological polar surface area (TPSA) is 81.4 Å². The fourth-order valence-corrected chi connectivity index (χ4v) is 2.66. The number of nitrogens with one attached hydrogen (secondary N) is 1. The summed E-state index contributed by atoms with van der Waals surface area (Å²) in [6.07, 6.45) is 2.55. The molecule has 6 nitrogen and oxygen atoms in total. The van der Waals surface area contributed by atoms with Gasteiger partial charge < -0.3 is 14.6 Å². The molecule has 0 aliphatic carbocycles.